The number of nitrogens with zero attached hydrogens (tertiary/aromatic N) is 1. The number of benzene rings is 1. The van der Waals surface area contributed by atoms with Crippen LogP contribution in [0.3, 0.4) is 0 Å². The highest BCUT2D eigenvalue weighted by Crippen LogP contribution is 2.24. The highest BCUT2D eigenvalue weighted by Gasteiger charge is 2.26. The number of rotatable bonds is 1. The Balaban J connectivity index is 2.17. The van der Waals surface area contributed by atoms with E-state index < -0.39 is 0 Å². The molecule has 1 aliphatic rings. The van der Waals surface area contributed by atoms with E-state index in [1.54, 1.807) is 18.2 Å². The highest BCUT2D eigenvalue weighted by atomic mass is 79.9. The summed E-state index contributed by atoms with van der Waals surface area (Å²) in [5.74, 6) is 0.00593. The zero-order chi connectivity index (χ0) is 13.3. The van der Waals surface area contributed by atoms with Gasteiger partial charge in [0.25, 0.3) is 5.91 Å². The molecule has 0 bridgehead atoms. The molecule has 0 spiro atoms. The first kappa shape index (κ1) is 13.8. The van der Waals surface area contributed by atoms with Gasteiger partial charge in [-0.1, -0.05) is 11.6 Å². The van der Waals surface area contributed by atoms with E-state index >= 15 is 0 Å². The molecule has 1 saturated heterocycles. The molecule has 1 fully saturated rings. The van der Waals surface area contributed by atoms with Crippen LogP contribution in [0.15, 0.2) is 22.7 Å². The summed E-state index contributed by atoms with van der Waals surface area (Å²) < 4.78 is 6.41. The molecule has 0 aromatic heterocycles. The molecule has 1 aliphatic heterocycles. The van der Waals surface area contributed by atoms with E-state index in [-0.39, 0.29) is 18.1 Å². The fourth-order valence-electron chi connectivity index (χ4n) is 2.16. The molecule has 1 aromatic carbocycles. The van der Waals surface area contributed by atoms with Gasteiger partial charge in [0.05, 0.1) is 17.2 Å². The van der Waals surface area contributed by atoms with Gasteiger partial charge in [-0.15, -0.1) is 0 Å². The van der Waals surface area contributed by atoms with Gasteiger partial charge in [0.1, 0.15) is 0 Å². The van der Waals surface area contributed by atoms with E-state index in [0.717, 1.165) is 4.47 Å². The third-order valence-corrected chi connectivity index (χ3v) is 4.11. The van der Waals surface area contributed by atoms with Gasteiger partial charge in [0.15, 0.2) is 0 Å². The molecule has 0 aliphatic carbocycles. The minimum absolute atomic E-state index is 0.00593. The third-order valence-electron chi connectivity index (χ3n) is 2.87. The highest BCUT2D eigenvalue weighted by molar-refractivity contribution is 9.10. The Morgan fingerprint density at radius 1 is 1.39 bits per heavy atom. The molecule has 5 heteroatoms. The van der Waals surface area contributed by atoms with Crippen molar-refractivity contribution in [1.29, 1.82) is 0 Å². The molecule has 3 nitrogen and oxygen atoms in total. The molecule has 1 heterocycles. The van der Waals surface area contributed by atoms with Crippen LogP contribution in [0.1, 0.15) is 24.2 Å². The lowest BCUT2D eigenvalue weighted by molar-refractivity contribution is -0.0586. The van der Waals surface area contributed by atoms with Gasteiger partial charge in [-0.2, -0.15) is 0 Å². The SMILES string of the molecule is C[C@@H]1CN(C(=O)c2ccc(Br)c(Cl)c2)C[C@H](C)O1. The number of hydrogen-bond donors (Lipinski definition) is 0. The summed E-state index contributed by atoms with van der Waals surface area (Å²) in [6.45, 7) is 5.20. The van der Waals surface area contributed by atoms with Crippen molar-refractivity contribution in [1.82, 2.24) is 4.90 Å². The zero-order valence-electron chi connectivity index (χ0n) is 10.3. The van der Waals surface area contributed by atoms with Crippen molar-refractivity contribution < 1.29 is 9.53 Å². The predicted octanol–water partition coefficient (Wildman–Crippen LogP) is 3.35. The lowest BCUT2D eigenvalue weighted by atomic mass is 10.1. The van der Waals surface area contributed by atoms with Gasteiger partial charge in [-0.3, -0.25) is 4.79 Å². The molecule has 0 radical (unpaired) electrons. The molecule has 98 valence electrons. The Kier molecular flexibility index (Phi) is 4.30. The molecule has 2 atom stereocenters. The Hall–Kier alpha value is -0.580. The number of ether oxygens (including phenoxy) is 1. The second-order valence-corrected chi connectivity index (χ2v) is 5.86. The van der Waals surface area contributed by atoms with Crippen LogP contribution in [0.4, 0.5) is 0 Å². The van der Waals surface area contributed by atoms with Gasteiger partial charge in [-0.05, 0) is 48.0 Å². The van der Waals surface area contributed by atoms with Crippen LogP contribution in [0, 0.1) is 0 Å². The molecule has 18 heavy (non-hydrogen) atoms. The second kappa shape index (κ2) is 5.59. The lowest BCUT2D eigenvalue weighted by Gasteiger charge is -2.35. The van der Waals surface area contributed by atoms with E-state index in [4.69, 9.17) is 16.3 Å². The van der Waals surface area contributed by atoms with Crippen LogP contribution >= 0.6 is 27.5 Å². The van der Waals surface area contributed by atoms with Crippen LogP contribution in [-0.4, -0.2) is 36.1 Å². The first-order valence-corrected chi connectivity index (χ1v) is 7.04. The van der Waals surface area contributed by atoms with Crippen LogP contribution < -0.4 is 0 Å². The Bertz CT molecular complexity index is 456. The van der Waals surface area contributed by atoms with Crippen LogP contribution in [0.5, 0.6) is 0 Å². The van der Waals surface area contributed by atoms with Gasteiger partial charge in [0.2, 0.25) is 0 Å². The van der Waals surface area contributed by atoms with Gasteiger partial charge < -0.3 is 9.64 Å². The summed E-state index contributed by atoms with van der Waals surface area (Å²) in [7, 11) is 0. The number of carbonyl (C=O) groups is 1. The number of morpholine rings is 1. The normalized spacial score (nSPS) is 24.1. The molecule has 0 unspecified atom stereocenters. The van der Waals surface area contributed by atoms with Crippen LogP contribution in [0.2, 0.25) is 5.02 Å². The van der Waals surface area contributed by atoms with Crippen LogP contribution in [0.25, 0.3) is 0 Å². The molecular formula is C13H15BrClNO2. The van der Waals surface area contributed by atoms with Crippen molar-refractivity contribution in [2.45, 2.75) is 26.1 Å². The van der Waals surface area contributed by atoms with E-state index in [1.807, 2.05) is 18.7 Å². The average Bonchev–Trinajstić information content (AvgIpc) is 2.30. The summed E-state index contributed by atoms with van der Waals surface area (Å²) in [5, 5.41) is 0.551. The van der Waals surface area contributed by atoms with Gasteiger partial charge in [0, 0.05) is 23.1 Å². The Labute approximate surface area is 120 Å². The lowest BCUT2D eigenvalue weighted by Crippen LogP contribution is -2.48. The van der Waals surface area contributed by atoms with Crippen molar-refractivity contribution in [3.63, 3.8) is 0 Å². The number of carbonyl (C=O) groups excluding carboxylic acids is 1. The summed E-state index contributed by atoms with van der Waals surface area (Å²) in [4.78, 5) is 14.2. The van der Waals surface area contributed by atoms with Gasteiger partial charge >= 0.3 is 0 Å². The van der Waals surface area contributed by atoms with Crippen molar-refractivity contribution in [3.05, 3.63) is 33.3 Å². The predicted molar refractivity (Wildman–Crippen MR) is 75.1 cm³/mol. The maximum atomic E-state index is 12.4. The fraction of sp³-hybridized carbons (Fsp3) is 0.462. The van der Waals surface area contributed by atoms with E-state index in [0.29, 0.717) is 23.7 Å². The quantitative estimate of drug-likeness (QED) is 0.789. The maximum Gasteiger partial charge on any atom is 0.254 e. The fourth-order valence-corrected chi connectivity index (χ4v) is 2.58. The standard InChI is InChI=1S/C13H15BrClNO2/c1-8-6-16(7-9(2)18-8)13(17)10-3-4-11(14)12(15)5-10/h3-5,8-9H,6-7H2,1-2H3/t8-,9+. The summed E-state index contributed by atoms with van der Waals surface area (Å²) in [6, 6.07) is 5.27. The molecule has 1 aromatic rings. The minimum atomic E-state index is 0.00593. The third kappa shape index (κ3) is 3.05. The van der Waals surface area contributed by atoms with Crippen molar-refractivity contribution >= 4 is 33.4 Å². The van der Waals surface area contributed by atoms with Gasteiger partial charge in [-0.25, -0.2) is 0 Å². The van der Waals surface area contributed by atoms with Crippen molar-refractivity contribution in [2.24, 2.45) is 0 Å². The monoisotopic (exact) mass is 331 g/mol. The molecule has 2 rings (SSSR count). The number of hydrogen-bond acceptors (Lipinski definition) is 2. The first-order chi connectivity index (χ1) is 8.47. The zero-order valence-corrected chi connectivity index (χ0v) is 12.7. The Morgan fingerprint density at radius 2 is 2.00 bits per heavy atom. The van der Waals surface area contributed by atoms with Crippen molar-refractivity contribution in [2.75, 3.05) is 13.1 Å². The molecule has 0 saturated carbocycles. The van der Waals surface area contributed by atoms with E-state index in [9.17, 15) is 4.79 Å². The summed E-state index contributed by atoms with van der Waals surface area (Å²) in [5.41, 5.74) is 0.615. The smallest absolute Gasteiger partial charge is 0.254 e. The topological polar surface area (TPSA) is 29.5 Å². The largest absolute Gasteiger partial charge is 0.372 e. The van der Waals surface area contributed by atoms with Crippen molar-refractivity contribution in [3.8, 4) is 0 Å². The summed E-state index contributed by atoms with van der Waals surface area (Å²) >= 11 is 9.33. The van der Waals surface area contributed by atoms with E-state index in [1.165, 1.54) is 0 Å². The second-order valence-electron chi connectivity index (χ2n) is 4.60. The molecule has 1 amide bonds. The maximum absolute atomic E-state index is 12.4. The number of amides is 1. The number of halogens is 2. The Morgan fingerprint density at radius 3 is 2.56 bits per heavy atom. The average molecular weight is 333 g/mol. The van der Waals surface area contributed by atoms with Crippen LogP contribution in [-0.2, 0) is 4.74 Å². The summed E-state index contributed by atoms with van der Waals surface area (Å²) in [6.07, 6.45) is 0.146. The first-order valence-electron chi connectivity index (χ1n) is 5.87. The minimum Gasteiger partial charge on any atom is -0.372 e. The molecular weight excluding hydrogens is 318 g/mol. The van der Waals surface area contributed by atoms with E-state index in [2.05, 4.69) is 15.9 Å². The molecule has 0 N–H and O–H groups in total.